The van der Waals surface area contributed by atoms with E-state index in [1.807, 2.05) is 0 Å². The van der Waals surface area contributed by atoms with Crippen LogP contribution in [0.1, 0.15) is 46.9 Å². The maximum Gasteiger partial charge on any atom is 0.339 e. The van der Waals surface area contributed by atoms with Gasteiger partial charge in [-0.05, 0) is 44.5 Å². The van der Waals surface area contributed by atoms with Crippen LogP contribution in [0.4, 0.5) is 5.69 Å². The molecule has 1 fully saturated rings. The Morgan fingerprint density at radius 1 is 1.16 bits per heavy atom. The number of anilines is 1. The van der Waals surface area contributed by atoms with Crippen molar-refractivity contribution in [1.29, 1.82) is 0 Å². The summed E-state index contributed by atoms with van der Waals surface area (Å²) in [4.78, 5) is 38.1. The lowest BCUT2D eigenvalue weighted by Gasteiger charge is -2.32. The van der Waals surface area contributed by atoms with E-state index in [-0.39, 0.29) is 29.3 Å². The van der Waals surface area contributed by atoms with Gasteiger partial charge in [-0.3, -0.25) is 9.69 Å². The summed E-state index contributed by atoms with van der Waals surface area (Å²) in [7, 11) is 2.53. The summed E-state index contributed by atoms with van der Waals surface area (Å²) in [6.07, 6.45) is 3.31. The molecule has 0 bridgehead atoms. The van der Waals surface area contributed by atoms with Gasteiger partial charge in [0.25, 0.3) is 0 Å². The molecule has 1 heterocycles. The Morgan fingerprint density at radius 2 is 1.88 bits per heavy atom. The minimum atomic E-state index is -0.585. The van der Waals surface area contributed by atoms with Crippen LogP contribution in [0, 0.1) is 0 Å². The van der Waals surface area contributed by atoms with Gasteiger partial charge in [-0.15, -0.1) is 0 Å². The van der Waals surface area contributed by atoms with E-state index >= 15 is 0 Å². The van der Waals surface area contributed by atoms with Crippen LogP contribution in [0.3, 0.4) is 0 Å². The van der Waals surface area contributed by atoms with Gasteiger partial charge < -0.3 is 14.8 Å². The third-order valence-corrected chi connectivity index (χ3v) is 4.41. The Bertz CT molecular complexity index is 659. The second-order valence-electron chi connectivity index (χ2n) is 6.11. The molecule has 0 radical (unpaired) electrons. The Labute approximate surface area is 147 Å². The number of hydrogen-bond acceptors (Lipinski definition) is 6. The van der Waals surface area contributed by atoms with Gasteiger partial charge in [-0.1, -0.05) is 6.42 Å². The number of methoxy groups -OCH3 is 2. The predicted octanol–water partition coefficient (Wildman–Crippen LogP) is 2.07. The topological polar surface area (TPSA) is 84.9 Å². The summed E-state index contributed by atoms with van der Waals surface area (Å²) < 4.78 is 9.42. The minimum absolute atomic E-state index is 0.190. The minimum Gasteiger partial charge on any atom is -0.465 e. The van der Waals surface area contributed by atoms with Crippen LogP contribution in [-0.2, 0) is 14.3 Å². The quantitative estimate of drug-likeness (QED) is 0.820. The number of nitrogens with one attached hydrogen (secondary N) is 1. The van der Waals surface area contributed by atoms with Crippen molar-refractivity contribution in [3.8, 4) is 0 Å². The molecule has 0 spiro atoms. The Balaban J connectivity index is 2.18. The molecular weight excluding hydrogens is 324 g/mol. The zero-order valence-electron chi connectivity index (χ0n) is 14.8. The molecule has 7 nitrogen and oxygen atoms in total. The van der Waals surface area contributed by atoms with Gasteiger partial charge in [0.15, 0.2) is 0 Å². The molecule has 1 atom stereocenters. The predicted molar refractivity (Wildman–Crippen MR) is 92.6 cm³/mol. The van der Waals surface area contributed by atoms with Crippen molar-refractivity contribution < 1.29 is 23.9 Å². The summed E-state index contributed by atoms with van der Waals surface area (Å²) in [5, 5.41) is 2.72. The maximum atomic E-state index is 12.4. The fraction of sp³-hybridized carbons (Fsp3) is 0.500. The smallest absolute Gasteiger partial charge is 0.339 e. The number of nitrogens with zero attached hydrogens (tertiary/aromatic N) is 1. The lowest BCUT2D eigenvalue weighted by atomic mass is 10.0. The molecule has 25 heavy (non-hydrogen) atoms. The number of likely N-dealkylation sites (tertiary alicyclic amines) is 1. The summed E-state index contributed by atoms with van der Waals surface area (Å²) in [6.45, 7) is 3.22. The lowest BCUT2D eigenvalue weighted by molar-refractivity contribution is -0.118. The van der Waals surface area contributed by atoms with E-state index in [4.69, 9.17) is 4.74 Å². The molecule has 1 N–H and O–H groups in total. The van der Waals surface area contributed by atoms with Gasteiger partial charge in [-0.25, -0.2) is 9.59 Å². The van der Waals surface area contributed by atoms with E-state index in [1.54, 1.807) is 0 Å². The van der Waals surface area contributed by atoms with Crippen LogP contribution in [0.25, 0.3) is 0 Å². The molecule has 1 amide bonds. The molecule has 1 saturated heterocycles. The molecule has 1 aromatic rings. The molecule has 1 aliphatic heterocycles. The van der Waals surface area contributed by atoms with Gasteiger partial charge in [0.1, 0.15) is 0 Å². The zero-order chi connectivity index (χ0) is 18.4. The van der Waals surface area contributed by atoms with Gasteiger partial charge >= 0.3 is 11.9 Å². The first-order valence-electron chi connectivity index (χ1n) is 8.30. The highest BCUT2D eigenvalue weighted by molar-refractivity contribution is 6.03. The fourth-order valence-corrected chi connectivity index (χ4v) is 2.95. The van der Waals surface area contributed by atoms with Gasteiger partial charge in [0.05, 0.1) is 37.6 Å². The van der Waals surface area contributed by atoms with Crippen molar-refractivity contribution in [2.24, 2.45) is 0 Å². The van der Waals surface area contributed by atoms with Crippen LogP contribution in [0.2, 0.25) is 0 Å². The second kappa shape index (κ2) is 8.62. The highest BCUT2D eigenvalue weighted by Crippen LogP contribution is 2.21. The van der Waals surface area contributed by atoms with E-state index in [0.29, 0.717) is 6.04 Å². The van der Waals surface area contributed by atoms with Gasteiger partial charge in [0.2, 0.25) is 5.91 Å². The SMILES string of the molecule is COC(=O)c1ccc(C(=O)OC)c(NC(=O)CN2CCCC[C@H]2C)c1. The molecule has 7 heteroatoms. The number of hydrogen-bond donors (Lipinski definition) is 1. The highest BCUT2D eigenvalue weighted by atomic mass is 16.5. The second-order valence-corrected chi connectivity index (χ2v) is 6.11. The first-order valence-corrected chi connectivity index (χ1v) is 8.30. The van der Waals surface area contributed by atoms with Crippen LogP contribution in [0.15, 0.2) is 18.2 Å². The molecule has 2 rings (SSSR count). The Hall–Kier alpha value is -2.41. The summed E-state index contributed by atoms with van der Waals surface area (Å²) >= 11 is 0. The molecule has 136 valence electrons. The highest BCUT2D eigenvalue weighted by Gasteiger charge is 2.22. The largest absolute Gasteiger partial charge is 0.465 e. The van der Waals surface area contributed by atoms with Crippen molar-refractivity contribution in [2.75, 3.05) is 32.6 Å². The third kappa shape index (κ3) is 4.79. The summed E-state index contributed by atoms with van der Waals surface area (Å²) in [5.41, 5.74) is 0.677. The van der Waals surface area contributed by atoms with Crippen LogP contribution < -0.4 is 5.32 Å². The molecule has 0 saturated carbocycles. The standard InChI is InChI=1S/C18H24N2O5/c1-12-6-4-5-9-20(12)11-16(21)19-15-10-13(17(22)24-2)7-8-14(15)18(23)25-3/h7-8,10,12H,4-6,9,11H2,1-3H3,(H,19,21)/t12-/m1/s1. The molecule has 0 aromatic heterocycles. The van der Waals surface area contributed by atoms with Gasteiger partial charge in [-0.2, -0.15) is 0 Å². The van der Waals surface area contributed by atoms with E-state index in [2.05, 4.69) is 21.9 Å². The summed E-state index contributed by atoms with van der Waals surface area (Å²) in [5.74, 6) is -1.37. The monoisotopic (exact) mass is 348 g/mol. The maximum absolute atomic E-state index is 12.4. The van der Waals surface area contributed by atoms with Crippen molar-refractivity contribution in [3.05, 3.63) is 29.3 Å². The number of piperidine rings is 1. The number of rotatable bonds is 5. The van der Waals surface area contributed by atoms with Crippen LogP contribution in [0.5, 0.6) is 0 Å². The van der Waals surface area contributed by atoms with Crippen molar-refractivity contribution in [2.45, 2.75) is 32.2 Å². The molecular formula is C18H24N2O5. The lowest BCUT2D eigenvalue weighted by Crippen LogP contribution is -2.42. The normalized spacial score (nSPS) is 17.6. The van der Waals surface area contributed by atoms with Gasteiger partial charge in [0, 0.05) is 6.04 Å². The van der Waals surface area contributed by atoms with E-state index in [1.165, 1.54) is 38.8 Å². The molecule has 0 unspecified atom stereocenters. The van der Waals surface area contributed by atoms with Crippen molar-refractivity contribution >= 4 is 23.5 Å². The number of ether oxygens (including phenoxy) is 2. The van der Waals surface area contributed by atoms with Crippen LogP contribution >= 0.6 is 0 Å². The average molecular weight is 348 g/mol. The number of carbonyl (C=O) groups excluding carboxylic acids is 3. The number of esters is 2. The third-order valence-electron chi connectivity index (χ3n) is 4.41. The van der Waals surface area contributed by atoms with Crippen molar-refractivity contribution in [3.63, 3.8) is 0 Å². The number of amides is 1. The van der Waals surface area contributed by atoms with Crippen LogP contribution in [-0.4, -0.2) is 56.1 Å². The Morgan fingerprint density at radius 3 is 2.52 bits per heavy atom. The first-order chi connectivity index (χ1) is 12.0. The number of benzene rings is 1. The molecule has 1 aromatic carbocycles. The average Bonchev–Trinajstić information content (AvgIpc) is 2.62. The van der Waals surface area contributed by atoms with Crippen molar-refractivity contribution in [1.82, 2.24) is 4.90 Å². The zero-order valence-corrected chi connectivity index (χ0v) is 14.8. The first kappa shape index (κ1) is 18.9. The molecule has 1 aliphatic rings. The summed E-state index contributed by atoms with van der Waals surface area (Å²) in [6, 6.07) is 4.67. The fourth-order valence-electron chi connectivity index (χ4n) is 2.95. The van der Waals surface area contributed by atoms with E-state index < -0.39 is 11.9 Å². The van der Waals surface area contributed by atoms with E-state index in [0.717, 1.165) is 19.4 Å². The number of carbonyl (C=O) groups is 3. The van der Waals surface area contributed by atoms with E-state index in [9.17, 15) is 14.4 Å². The Kier molecular flexibility index (Phi) is 6.52. The molecule has 0 aliphatic carbocycles.